The third kappa shape index (κ3) is 29.3. The Kier molecular flexibility index (Phi) is 35.0. The number of carbonyl (C=O) groups excluding carboxylic acids is 13. The van der Waals surface area contributed by atoms with Gasteiger partial charge in [-0.25, -0.2) is 14.4 Å². The smallest absolute Gasteiger partial charge is 0.323 e. The Morgan fingerprint density at radius 2 is 0.832 bits per heavy atom. The van der Waals surface area contributed by atoms with E-state index in [4.69, 9.17) is 72.8 Å². The number of nitrogens with two attached hydrogens (primary N) is 7. The van der Waals surface area contributed by atoms with Crippen molar-refractivity contribution in [3.05, 3.63) is 185 Å². The molecule has 4 heterocycles. The van der Waals surface area contributed by atoms with Gasteiger partial charge < -0.3 is 140 Å². The van der Waals surface area contributed by atoms with Gasteiger partial charge in [-0.3, -0.25) is 57.9 Å². The van der Waals surface area contributed by atoms with Gasteiger partial charge in [0.05, 0.1) is 12.1 Å². The molecule has 0 spiro atoms. The molecule has 10 rings (SSSR count). The van der Waals surface area contributed by atoms with E-state index in [0.29, 0.717) is 50.1 Å². The quantitative estimate of drug-likeness (QED) is 0.0584. The first-order valence-electron chi connectivity index (χ1n) is 36.3. The highest BCUT2D eigenvalue weighted by Gasteiger charge is 2.37. The van der Waals surface area contributed by atoms with Crippen molar-refractivity contribution in [3.8, 4) is 34.1 Å². The highest BCUT2D eigenvalue weighted by Crippen LogP contribution is 2.27. The molecular formula is C76H94Cl2N26O15. The van der Waals surface area contributed by atoms with Gasteiger partial charge >= 0.3 is 18.1 Å². The van der Waals surface area contributed by atoms with E-state index < -0.39 is 162 Å². The zero-order valence-electron chi connectivity index (χ0n) is 63.3. The second kappa shape index (κ2) is 45.2. The van der Waals surface area contributed by atoms with Crippen LogP contribution < -0.4 is 140 Å². The van der Waals surface area contributed by atoms with Crippen molar-refractivity contribution in [2.24, 2.45) is 50.1 Å². The molecule has 632 valence electrons. The molecule has 0 aromatic heterocycles. The molecule has 2 fully saturated rings. The molecule has 4 aliphatic rings. The lowest BCUT2D eigenvalue weighted by molar-refractivity contribution is -0.133. The second-order valence-corrected chi connectivity index (χ2v) is 27.0. The number of benzene rings is 6. The Bertz CT molecular complexity index is 4740. The Morgan fingerprint density at radius 1 is 0.454 bits per heavy atom. The minimum absolute atomic E-state index is 0. The SMILES string of the molecule is C.C[C@@H]1NC(=O)[C@@H](N)CNC(=O)[C@H](C2CCN=C(N)N2)NC(=O)/C(=C/NC(=O)Nc2ccc(Oc3ccc(Cl)cc3)cc2)NC(=O)[C@H](CN)NC1=O.C[C@@H]1NC(=O)[C@@H](N)CNC(=O)[C@H](C2CCN=C(N)N2)NC(=O)/C(=C/NC(=O)Nc2cccc(-c3ccccc3)c2)NC(=O)[C@H](CN)NC1=O.NC(=O)Nc1ccc(Oc2ccc(Cl)cc2)cc1. The van der Waals surface area contributed by atoms with Crippen LogP contribution >= 0.6 is 23.2 Å². The maximum atomic E-state index is 13.7. The Hall–Kier alpha value is -14.1. The average molecular weight is 1680 g/mol. The fraction of sp³-hybridized carbons (Fsp3) is 0.276. The number of halogens is 2. The number of hydrogen-bond acceptors (Lipinski definition) is 25. The number of guanidine groups is 2. The molecule has 0 saturated carbocycles. The van der Waals surface area contributed by atoms with Gasteiger partial charge in [0.1, 0.15) is 82.7 Å². The van der Waals surface area contributed by atoms with Gasteiger partial charge in [-0.1, -0.05) is 73.1 Å². The van der Waals surface area contributed by atoms with E-state index in [0.717, 1.165) is 23.5 Å². The molecule has 0 radical (unpaired) electrons. The molecule has 41 nitrogen and oxygen atoms in total. The van der Waals surface area contributed by atoms with Crippen molar-refractivity contribution in [1.29, 1.82) is 0 Å². The molecule has 0 aliphatic carbocycles. The first-order chi connectivity index (χ1) is 56.4. The average Bonchev–Trinajstić information content (AvgIpc) is 0.839. The Morgan fingerprint density at radius 3 is 1.22 bits per heavy atom. The van der Waals surface area contributed by atoms with Gasteiger partial charge in [-0.15, -0.1) is 0 Å². The highest BCUT2D eigenvalue weighted by molar-refractivity contribution is 6.31. The lowest BCUT2D eigenvalue weighted by Crippen LogP contribution is -2.63. The van der Waals surface area contributed by atoms with Crippen LogP contribution in [0.3, 0.4) is 0 Å². The molecule has 6 aromatic rings. The van der Waals surface area contributed by atoms with Crippen LogP contribution in [-0.4, -0.2) is 189 Å². The summed E-state index contributed by atoms with van der Waals surface area (Å²) in [6, 6.07) is 29.6. The summed E-state index contributed by atoms with van der Waals surface area (Å²) < 4.78 is 11.3. The van der Waals surface area contributed by atoms with Crippen LogP contribution in [0.2, 0.25) is 10.0 Å². The van der Waals surface area contributed by atoms with E-state index in [-0.39, 0.29) is 58.4 Å². The van der Waals surface area contributed by atoms with Crippen molar-refractivity contribution in [1.82, 2.24) is 74.4 Å². The molecule has 4 aliphatic heterocycles. The number of hydrogen-bond donors (Lipinski definition) is 24. The summed E-state index contributed by atoms with van der Waals surface area (Å²) in [6.45, 7) is 1.68. The minimum Gasteiger partial charge on any atom is -0.457 e. The third-order valence-electron chi connectivity index (χ3n) is 17.2. The summed E-state index contributed by atoms with van der Waals surface area (Å²) in [5, 5.41) is 43.8. The molecule has 119 heavy (non-hydrogen) atoms. The number of urea groups is 3. The van der Waals surface area contributed by atoms with E-state index >= 15 is 0 Å². The lowest BCUT2D eigenvalue weighted by atomic mass is 10.0. The van der Waals surface area contributed by atoms with Crippen molar-refractivity contribution < 1.29 is 71.8 Å². The van der Waals surface area contributed by atoms with Gasteiger partial charge in [-0.05, 0) is 147 Å². The van der Waals surface area contributed by atoms with E-state index in [9.17, 15) is 62.3 Å². The number of rotatable bonds is 14. The number of amides is 16. The van der Waals surface area contributed by atoms with E-state index in [1.165, 1.54) is 13.8 Å². The fourth-order valence-corrected chi connectivity index (χ4v) is 11.2. The van der Waals surface area contributed by atoms with Gasteiger partial charge in [-0.2, -0.15) is 0 Å². The molecular weight excluding hydrogens is 1590 g/mol. The summed E-state index contributed by atoms with van der Waals surface area (Å²) in [7, 11) is 0. The molecule has 16 amide bonds. The normalized spacial score (nSPS) is 22.2. The van der Waals surface area contributed by atoms with Crippen LogP contribution in [0, 0.1) is 0 Å². The number of ether oxygens (including phenoxy) is 2. The summed E-state index contributed by atoms with van der Waals surface area (Å²) in [6.07, 6.45) is 2.37. The molecule has 2 unspecified atom stereocenters. The van der Waals surface area contributed by atoms with Crippen molar-refractivity contribution >= 4 is 129 Å². The van der Waals surface area contributed by atoms with Gasteiger partial charge in [0.25, 0.3) is 11.8 Å². The number of primary amides is 1. The van der Waals surface area contributed by atoms with Crippen molar-refractivity contribution in [2.75, 3.05) is 55.2 Å². The number of carbonyl (C=O) groups is 13. The first-order valence-corrected chi connectivity index (χ1v) is 37.1. The molecule has 2 saturated heterocycles. The van der Waals surface area contributed by atoms with Crippen molar-refractivity contribution in [2.45, 2.75) is 94.5 Å². The summed E-state index contributed by atoms with van der Waals surface area (Å²) in [5.74, 6) is -5.98. The van der Waals surface area contributed by atoms with E-state index in [1.54, 1.807) is 115 Å². The topological polar surface area (TPSA) is 652 Å². The van der Waals surface area contributed by atoms with Crippen LogP contribution in [0.25, 0.3) is 11.1 Å². The molecule has 31 N–H and O–H groups in total. The molecule has 0 bridgehead atoms. The van der Waals surface area contributed by atoms with Crippen LogP contribution in [0.15, 0.2) is 185 Å². The van der Waals surface area contributed by atoms with E-state index in [1.807, 2.05) is 36.4 Å². The zero-order chi connectivity index (χ0) is 85.5. The maximum absolute atomic E-state index is 13.7. The van der Waals surface area contributed by atoms with E-state index in [2.05, 4.69) is 100 Å². The predicted octanol–water partition coefficient (Wildman–Crippen LogP) is -0.964. The lowest BCUT2D eigenvalue weighted by Gasteiger charge is -2.31. The third-order valence-corrected chi connectivity index (χ3v) is 17.7. The van der Waals surface area contributed by atoms with Crippen LogP contribution in [0.1, 0.15) is 34.1 Å². The fourth-order valence-electron chi connectivity index (χ4n) is 11.0. The number of nitrogens with one attached hydrogen (secondary N) is 17. The minimum atomic E-state index is -1.38. The monoisotopic (exact) mass is 1680 g/mol. The van der Waals surface area contributed by atoms with Crippen LogP contribution in [0.5, 0.6) is 23.0 Å². The van der Waals surface area contributed by atoms with Crippen LogP contribution in [-0.2, 0) is 47.9 Å². The Balaban J connectivity index is 0.000000270. The molecule has 43 heteroatoms. The summed E-state index contributed by atoms with van der Waals surface area (Å²) in [4.78, 5) is 176. The highest BCUT2D eigenvalue weighted by atomic mass is 35.5. The second-order valence-electron chi connectivity index (χ2n) is 26.2. The Labute approximate surface area is 691 Å². The summed E-state index contributed by atoms with van der Waals surface area (Å²) >= 11 is 11.7. The summed E-state index contributed by atoms with van der Waals surface area (Å²) in [5.41, 5.74) is 42.2. The predicted molar refractivity (Wildman–Crippen MR) is 444 cm³/mol. The molecule has 6 aromatic carbocycles. The first kappa shape index (κ1) is 92.0. The zero-order valence-corrected chi connectivity index (χ0v) is 64.8. The van der Waals surface area contributed by atoms with Gasteiger partial charge in [0, 0.05) is 78.8 Å². The maximum Gasteiger partial charge on any atom is 0.323 e. The largest absolute Gasteiger partial charge is 0.457 e. The van der Waals surface area contributed by atoms with Gasteiger partial charge in [0.2, 0.25) is 47.3 Å². The number of aliphatic imine (C=N–C) groups is 2. The van der Waals surface area contributed by atoms with Crippen molar-refractivity contribution in [3.63, 3.8) is 0 Å². The number of anilines is 3. The van der Waals surface area contributed by atoms with Gasteiger partial charge in [0.15, 0.2) is 11.9 Å². The standard InChI is InChI=1S/C31H39ClN12O7.C31H40N12O6.C13H11ClN2O2.CH4/c1-15-25(45)41-22(12-33)27(47)42-23(14-38-31(50)40-17-4-8-19(9-5-17)51-18-6-2-16(32)3-7-18)28(48)44-24(21-10-11-36-30(35)43-21)29(49)37-13-20(34)26(46)39-15;1-16-25(44)40-22(13-32)27(46)41-23(15-37-31(49)39-19-9-5-8-18(12-19)17-6-3-2-4-7-17)28(47)43-24(21-10-11-35-30(34)42-21)29(48)36-14-20(33)26(45)38-16;14-9-1-5-11(6-2-9)18-12-7-3-10(4-8-12)16-13(15)17;/h2-9,14-15,20-22,24H,10-13,33-34H2,1H3,(H,37,49)(H,39,46)(H,41,45)(H,42,47)(H,44,48)(H3,35,36,43)(H2,38,40,50);2-9,12,15-16,20-22,24H,10-11,13-14,32-33H2,1H3,(H,36,48)(H,38,45)(H,40,44)(H,41,46)(H,43,47)(H3,34,35,42)(H2,37,39,49);1-8H,(H3,15,16,17);1H4/b23-14-;23-15-;;/t15-,20-,21?,22-,24-;16-,20-,21?,22-,24-;;/m00../s1. The molecule has 10 atom stereocenters. The van der Waals surface area contributed by atoms with Crippen LogP contribution in [0.4, 0.5) is 31.4 Å². The number of nitrogens with zero attached hydrogens (tertiary/aromatic N) is 2.